The molecule has 0 spiro atoms. The van der Waals surface area contributed by atoms with Gasteiger partial charge in [-0.25, -0.2) is 9.59 Å². The summed E-state index contributed by atoms with van der Waals surface area (Å²) in [5.74, 6) is -1.80. The first-order valence-corrected chi connectivity index (χ1v) is 23.0. The lowest BCUT2D eigenvalue weighted by atomic mass is 9.91. The predicted molar refractivity (Wildman–Crippen MR) is 252 cm³/mol. The van der Waals surface area contributed by atoms with Crippen LogP contribution in [-0.4, -0.2) is 87.6 Å². The van der Waals surface area contributed by atoms with Gasteiger partial charge in [-0.3, -0.25) is 0 Å². The van der Waals surface area contributed by atoms with Crippen LogP contribution in [0.4, 0.5) is 0 Å². The summed E-state index contributed by atoms with van der Waals surface area (Å²) in [5, 5.41) is 0. The van der Waals surface area contributed by atoms with E-state index in [9.17, 15) is 9.59 Å². The fourth-order valence-electron chi connectivity index (χ4n) is 8.36. The molecule has 2 fully saturated rings. The van der Waals surface area contributed by atoms with E-state index in [2.05, 4.69) is 0 Å². The molecule has 0 aromatic heterocycles. The van der Waals surface area contributed by atoms with Crippen LogP contribution in [0, 0.1) is 5.92 Å². The molecule has 12 nitrogen and oxygen atoms in total. The topological polar surface area (TPSA) is 126 Å². The summed E-state index contributed by atoms with van der Waals surface area (Å²) in [5.41, 5.74) is 4.48. The Hall–Kier alpha value is -6.06. The number of hydrogen-bond donors (Lipinski definition) is 0. The van der Waals surface area contributed by atoms with Crippen LogP contribution in [0.5, 0.6) is 0 Å². The molecule has 12 heteroatoms. The zero-order valence-corrected chi connectivity index (χ0v) is 38.2. The molecule has 2 aliphatic heterocycles. The maximum absolute atomic E-state index is 13.9. The first kappa shape index (κ1) is 48.4. The van der Waals surface area contributed by atoms with Crippen LogP contribution < -0.4 is 0 Å². The second kappa shape index (κ2) is 24.8. The highest BCUT2D eigenvalue weighted by Gasteiger charge is 2.52. The van der Waals surface area contributed by atoms with Crippen LogP contribution >= 0.6 is 0 Å². The van der Waals surface area contributed by atoms with E-state index in [-0.39, 0.29) is 33.0 Å². The van der Waals surface area contributed by atoms with Gasteiger partial charge in [0.25, 0.3) is 0 Å². The number of carbonyl (C=O) groups is 2. The monoisotopic (exact) mass is 922 g/mol. The number of hydrogen-bond acceptors (Lipinski definition) is 12. The summed E-state index contributed by atoms with van der Waals surface area (Å²) in [6.07, 6.45) is -8.27. The third-order valence-corrected chi connectivity index (χ3v) is 11.9. The summed E-state index contributed by atoms with van der Waals surface area (Å²) >= 11 is 0. The maximum Gasteiger partial charge on any atom is 0.338 e. The maximum atomic E-state index is 13.9. The van der Waals surface area contributed by atoms with Crippen molar-refractivity contribution < 1.29 is 57.0 Å². The second-order valence-electron chi connectivity index (χ2n) is 16.8. The van der Waals surface area contributed by atoms with E-state index in [1.165, 1.54) is 7.11 Å². The number of methoxy groups -OCH3 is 1. The fraction of sp³-hybridized carbons (Fsp3) is 0.321. The van der Waals surface area contributed by atoms with E-state index in [1.54, 1.807) is 54.6 Å². The number of carbonyl (C=O) groups excluding carboxylic acids is 2. The van der Waals surface area contributed by atoms with Crippen LogP contribution in [0.25, 0.3) is 0 Å². The molecule has 0 amide bonds. The van der Waals surface area contributed by atoms with Gasteiger partial charge in [-0.15, -0.1) is 0 Å². The Balaban J connectivity index is 1.13. The van der Waals surface area contributed by atoms with Crippen molar-refractivity contribution in [3.05, 3.63) is 215 Å². The Bertz CT molecular complexity index is 2390. The van der Waals surface area contributed by atoms with Crippen LogP contribution in [0.15, 0.2) is 182 Å². The average Bonchev–Trinajstić information content (AvgIpc) is 3.39. The lowest BCUT2D eigenvalue weighted by molar-refractivity contribution is -0.340. The van der Waals surface area contributed by atoms with E-state index >= 15 is 0 Å². The highest BCUT2D eigenvalue weighted by Crippen LogP contribution is 2.35. The number of esters is 2. The summed E-state index contributed by atoms with van der Waals surface area (Å²) in [6.45, 7) is 2.73. The van der Waals surface area contributed by atoms with Gasteiger partial charge in [-0.05, 0) is 46.5 Å². The second-order valence-corrected chi connectivity index (χ2v) is 16.8. The molecule has 68 heavy (non-hydrogen) atoms. The van der Waals surface area contributed by atoms with Gasteiger partial charge in [0.2, 0.25) is 0 Å². The van der Waals surface area contributed by atoms with Crippen molar-refractivity contribution in [3.8, 4) is 0 Å². The minimum atomic E-state index is -1.15. The SMILES string of the molecule is COC1OC(COC2OC(COCc3ccccc3)C(OCc3ccccc3)C(OCc3ccccc3)C2OCc2ccccc2)C(OC(=O)c2ccccc2)C(OC(=O)c2ccccc2)C1C. The molecule has 6 aromatic carbocycles. The Morgan fingerprint density at radius 1 is 0.412 bits per heavy atom. The van der Waals surface area contributed by atoms with Gasteiger partial charge in [-0.1, -0.05) is 165 Å². The normalized spacial score (nSPS) is 24.7. The van der Waals surface area contributed by atoms with Crippen LogP contribution in [0.3, 0.4) is 0 Å². The molecule has 0 saturated carbocycles. The van der Waals surface area contributed by atoms with Crippen molar-refractivity contribution in [2.75, 3.05) is 20.3 Å². The first-order chi connectivity index (χ1) is 33.4. The number of ether oxygens (including phenoxy) is 10. The molecule has 0 radical (unpaired) electrons. The first-order valence-electron chi connectivity index (χ1n) is 23.0. The highest BCUT2D eigenvalue weighted by molar-refractivity contribution is 5.90. The zero-order chi connectivity index (χ0) is 46.9. The van der Waals surface area contributed by atoms with E-state index in [0.717, 1.165) is 22.3 Å². The van der Waals surface area contributed by atoms with Crippen LogP contribution in [0.2, 0.25) is 0 Å². The third-order valence-electron chi connectivity index (χ3n) is 11.9. The van der Waals surface area contributed by atoms with E-state index in [1.807, 2.05) is 134 Å². The molecule has 0 bridgehead atoms. The standard InChI is InChI=1S/C56H58O12/c1-39-48(67-53(57)44-29-17-7-18-30-44)50(68-54(58)45-31-19-8-20-32-45)47(65-55(39)59-2)38-64-56-52(63-36-43-27-15-6-16-28-43)51(62-35-42-25-13-5-14-26-42)49(61-34-41-23-11-4-12-24-41)46(66-56)37-60-33-40-21-9-3-10-22-40/h3-32,39,46-52,55-56H,33-38H2,1-2H3. The predicted octanol–water partition coefficient (Wildman–Crippen LogP) is 9.16. The summed E-state index contributed by atoms with van der Waals surface area (Å²) in [6, 6.07) is 56.7. The van der Waals surface area contributed by atoms with Crippen molar-refractivity contribution in [2.45, 2.75) is 88.7 Å². The molecule has 354 valence electrons. The van der Waals surface area contributed by atoms with Crippen molar-refractivity contribution in [1.29, 1.82) is 0 Å². The Labute approximate surface area is 397 Å². The minimum Gasteiger partial charge on any atom is -0.454 e. The van der Waals surface area contributed by atoms with E-state index in [4.69, 9.17) is 47.4 Å². The quantitative estimate of drug-likeness (QED) is 0.0640. The van der Waals surface area contributed by atoms with Gasteiger partial charge in [0, 0.05) is 13.0 Å². The van der Waals surface area contributed by atoms with Crippen LogP contribution in [0.1, 0.15) is 49.9 Å². The van der Waals surface area contributed by atoms with E-state index in [0.29, 0.717) is 17.7 Å². The molecule has 0 aliphatic carbocycles. The average molecular weight is 923 g/mol. The molecule has 2 heterocycles. The summed E-state index contributed by atoms with van der Waals surface area (Å²) in [4.78, 5) is 27.6. The largest absolute Gasteiger partial charge is 0.454 e. The summed E-state index contributed by atoms with van der Waals surface area (Å²) < 4.78 is 65.7. The molecule has 10 unspecified atom stereocenters. The van der Waals surface area contributed by atoms with Crippen molar-refractivity contribution in [1.82, 2.24) is 0 Å². The molecule has 10 atom stereocenters. The Morgan fingerprint density at radius 3 is 1.26 bits per heavy atom. The van der Waals surface area contributed by atoms with Crippen molar-refractivity contribution in [3.63, 3.8) is 0 Å². The molecule has 6 aromatic rings. The number of rotatable bonds is 21. The summed E-state index contributed by atoms with van der Waals surface area (Å²) in [7, 11) is 1.51. The third kappa shape index (κ3) is 13.1. The molecular weight excluding hydrogens is 865 g/mol. The van der Waals surface area contributed by atoms with Gasteiger partial charge >= 0.3 is 11.9 Å². The molecular formula is C56H58O12. The van der Waals surface area contributed by atoms with Crippen LogP contribution in [-0.2, 0) is 73.8 Å². The zero-order valence-electron chi connectivity index (χ0n) is 38.2. The Morgan fingerprint density at radius 2 is 0.794 bits per heavy atom. The van der Waals surface area contributed by atoms with Gasteiger partial charge in [0.05, 0.1) is 50.8 Å². The molecule has 2 saturated heterocycles. The lowest BCUT2D eigenvalue weighted by Gasteiger charge is -2.47. The fourth-order valence-corrected chi connectivity index (χ4v) is 8.36. The van der Waals surface area contributed by atoms with Gasteiger partial charge in [0.1, 0.15) is 36.6 Å². The number of benzene rings is 6. The Kier molecular flexibility index (Phi) is 17.7. The highest BCUT2D eigenvalue weighted by atomic mass is 16.7. The molecule has 0 N–H and O–H groups in total. The lowest BCUT2D eigenvalue weighted by Crippen LogP contribution is -2.63. The van der Waals surface area contributed by atoms with E-state index < -0.39 is 73.2 Å². The minimum absolute atomic E-state index is 0.114. The van der Waals surface area contributed by atoms with Gasteiger partial charge in [0.15, 0.2) is 18.7 Å². The van der Waals surface area contributed by atoms with Crippen molar-refractivity contribution in [2.24, 2.45) is 5.92 Å². The van der Waals surface area contributed by atoms with Gasteiger partial charge < -0.3 is 47.4 Å². The smallest absolute Gasteiger partial charge is 0.338 e. The molecule has 8 rings (SSSR count). The molecule has 2 aliphatic rings. The van der Waals surface area contributed by atoms with Gasteiger partial charge in [-0.2, -0.15) is 0 Å². The van der Waals surface area contributed by atoms with Crippen molar-refractivity contribution >= 4 is 11.9 Å².